The predicted molar refractivity (Wildman–Crippen MR) is 82.2 cm³/mol. The smallest absolute Gasteiger partial charge is 0.180 e. The zero-order valence-corrected chi connectivity index (χ0v) is 13.0. The summed E-state index contributed by atoms with van der Waals surface area (Å²) in [4.78, 5) is 4.53. The van der Waals surface area contributed by atoms with Gasteiger partial charge < -0.3 is 5.73 Å². The van der Waals surface area contributed by atoms with Crippen LogP contribution in [0.5, 0.6) is 0 Å². The van der Waals surface area contributed by atoms with Crippen LogP contribution in [0.25, 0.3) is 0 Å². The number of thiazole rings is 1. The number of aromatic nitrogens is 1. The average Bonchev–Trinajstić information content (AvgIpc) is 2.80. The number of unbranched alkanes of at least 4 members (excludes halogenated alkanes) is 4. The third-order valence-corrected chi connectivity index (χ3v) is 4.48. The fraction of sp³-hybridized carbons (Fsp3) is 0.800. The Labute approximate surface area is 116 Å². The molecule has 0 saturated heterocycles. The van der Waals surface area contributed by atoms with Crippen LogP contribution >= 0.6 is 11.3 Å². The Kier molecular flexibility index (Phi) is 6.69. The van der Waals surface area contributed by atoms with Crippen molar-refractivity contribution >= 4 is 16.5 Å². The van der Waals surface area contributed by atoms with Gasteiger partial charge in [-0.25, -0.2) is 4.98 Å². The van der Waals surface area contributed by atoms with Crippen molar-refractivity contribution in [3.05, 3.63) is 11.1 Å². The van der Waals surface area contributed by atoms with Crippen LogP contribution in [0.2, 0.25) is 0 Å². The molecule has 0 saturated carbocycles. The van der Waals surface area contributed by atoms with Gasteiger partial charge in [0.15, 0.2) is 5.13 Å². The number of hydrogen-bond donors (Lipinski definition) is 1. The molecule has 1 aromatic heterocycles. The molecule has 18 heavy (non-hydrogen) atoms. The lowest BCUT2D eigenvalue weighted by Gasteiger charge is -2.28. The van der Waals surface area contributed by atoms with Crippen LogP contribution in [0, 0.1) is 0 Å². The first-order chi connectivity index (χ1) is 8.62. The average molecular weight is 268 g/mol. The predicted octanol–water partition coefficient (Wildman–Crippen LogP) is 5.14. The molecule has 0 amide bonds. The van der Waals surface area contributed by atoms with Crippen molar-refractivity contribution in [2.45, 2.75) is 77.6 Å². The topological polar surface area (TPSA) is 38.9 Å². The molecule has 0 aliphatic heterocycles. The maximum Gasteiger partial charge on any atom is 0.180 e. The Morgan fingerprint density at radius 1 is 1.11 bits per heavy atom. The number of rotatable bonds is 9. The highest BCUT2D eigenvalue weighted by molar-refractivity contribution is 7.13. The van der Waals surface area contributed by atoms with Gasteiger partial charge in [-0.15, -0.1) is 11.3 Å². The lowest BCUT2D eigenvalue weighted by Crippen LogP contribution is -2.22. The first kappa shape index (κ1) is 15.5. The molecule has 2 N–H and O–H groups in total. The van der Waals surface area contributed by atoms with Gasteiger partial charge in [0, 0.05) is 10.8 Å². The monoisotopic (exact) mass is 268 g/mol. The van der Waals surface area contributed by atoms with Crippen LogP contribution in [0.4, 0.5) is 5.13 Å². The molecule has 3 heteroatoms. The van der Waals surface area contributed by atoms with Gasteiger partial charge in [0.05, 0.1) is 5.69 Å². The SMILES string of the molecule is CCCCCCC(C)(CCCC)c1csc(N)n1. The second-order valence-corrected chi connectivity index (χ2v) is 6.44. The quantitative estimate of drug-likeness (QED) is 0.629. The molecule has 2 nitrogen and oxygen atoms in total. The Hall–Kier alpha value is -0.570. The molecule has 0 aliphatic rings. The molecular formula is C15H28N2S. The molecular weight excluding hydrogens is 240 g/mol. The molecule has 1 unspecified atom stereocenters. The molecule has 0 aromatic carbocycles. The van der Waals surface area contributed by atoms with E-state index in [1.807, 2.05) is 0 Å². The summed E-state index contributed by atoms with van der Waals surface area (Å²) in [7, 11) is 0. The molecule has 1 rings (SSSR count). The van der Waals surface area contributed by atoms with Crippen LogP contribution in [0.3, 0.4) is 0 Å². The maximum absolute atomic E-state index is 5.79. The summed E-state index contributed by atoms with van der Waals surface area (Å²) in [5.41, 5.74) is 7.24. The van der Waals surface area contributed by atoms with Gasteiger partial charge in [-0.2, -0.15) is 0 Å². The minimum atomic E-state index is 0.234. The van der Waals surface area contributed by atoms with E-state index in [-0.39, 0.29) is 5.41 Å². The summed E-state index contributed by atoms with van der Waals surface area (Å²) in [5, 5.41) is 2.87. The molecule has 0 bridgehead atoms. The fourth-order valence-corrected chi connectivity index (χ4v) is 3.18. The second-order valence-electron chi connectivity index (χ2n) is 5.55. The Bertz CT molecular complexity index is 335. The van der Waals surface area contributed by atoms with Crippen LogP contribution in [-0.4, -0.2) is 4.98 Å². The van der Waals surface area contributed by atoms with Gasteiger partial charge in [0.1, 0.15) is 0 Å². The van der Waals surface area contributed by atoms with Crippen molar-refractivity contribution in [3.8, 4) is 0 Å². The van der Waals surface area contributed by atoms with Crippen molar-refractivity contribution in [2.75, 3.05) is 5.73 Å². The van der Waals surface area contributed by atoms with Crippen LogP contribution in [0.1, 0.15) is 77.8 Å². The van der Waals surface area contributed by atoms with E-state index in [2.05, 4.69) is 31.1 Å². The Morgan fingerprint density at radius 2 is 1.78 bits per heavy atom. The molecule has 1 atom stereocenters. The standard InChI is InChI=1S/C15H28N2S/c1-4-6-8-9-11-15(3,10-7-5-2)13-12-18-14(16)17-13/h12H,4-11H2,1-3H3,(H2,16,17). The minimum absolute atomic E-state index is 0.234. The normalized spacial score (nSPS) is 14.6. The molecule has 1 aromatic rings. The minimum Gasteiger partial charge on any atom is -0.375 e. The van der Waals surface area contributed by atoms with Gasteiger partial charge in [-0.1, -0.05) is 59.3 Å². The lowest BCUT2D eigenvalue weighted by atomic mass is 9.77. The van der Waals surface area contributed by atoms with Crippen LogP contribution in [-0.2, 0) is 5.41 Å². The van der Waals surface area contributed by atoms with E-state index in [9.17, 15) is 0 Å². The number of anilines is 1. The van der Waals surface area contributed by atoms with Crippen LogP contribution < -0.4 is 5.73 Å². The molecule has 0 fully saturated rings. The first-order valence-corrected chi connectivity index (χ1v) is 8.22. The highest BCUT2D eigenvalue weighted by atomic mass is 32.1. The molecule has 1 heterocycles. The number of hydrogen-bond acceptors (Lipinski definition) is 3. The van der Waals surface area contributed by atoms with E-state index < -0.39 is 0 Å². The van der Waals surface area contributed by atoms with Crippen molar-refractivity contribution in [1.82, 2.24) is 4.98 Å². The highest BCUT2D eigenvalue weighted by Crippen LogP contribution is 2.36. The summed E-state index contributed by atoms with van der Waals surface area (Å²) >= 11 is 1.58. The van der Waals surface area contributed by atoms with E-state index >= 15 is 0 Å². The number of nitrogens with zero attached hydrogens (tertiary/aromatic N) is 1. The van der Waals surface area contributed by atoms with Gasteiger partial charge in [-0.3, -0.25) is 0 Å². The second kappa shape index (κ2) is 7.78. The largest absolute Gasteiger partial charge is 0.375 e. The maximum atomic E-state index is 5.79. The van der Waals surface area contributed by atoms with E-state index in [4.69, 9.17) is 5.73 Å². The summed E-state index contributed by atoms with van der Waals surface area (Å²) in [6.45, 7) is 6.88. The lowest BCUT2D eigenvalue weighted by molar-refractivity contribution is 0.362. The molecule has 0 aliphatic carbocycles. The number of nitrogens with two attached hydrogens (primary N) is 1. The van der Waals surface area contributed by atoms with Crippen molar-refractivity contribution in [2.24, 2.45) is 0 Å². The summed E-state index contributed by atoms with van der Waals surface area (Å²) in [6.07, 6.45) is 10.3. The van der Waals surface area contributed by atoms with E-state index in [1.54, 1.807) is 11.3 Å². The van der Waals surface area contributed by atoms with Crippen molar-refractivity contribution in [1.29, 1.82) is 0 Å². The van der Waals surface area contributed by atoms with Gasteiger partial charge in [0.2, 0.25) is 0 Å². The van der Waals surface area contributed by atoms with Crippen LogP contribution in [0.15, 0.2) is 5.38 Å². The van der Waals surface area contributed by atoms with Crippen molar-refractivity contribution in [3.63, 3.8) is 0 Å². The van der Waals surface area contributed by atoms with Gasteiger partial charge in [-0.05, 0) is 12.8 Å². The van der Waals surface area contributed by atoms with Gasteiger partial charge in [0.25, 0.3) is 0 Å². The Morgan fingerprint density at radius 3 is 2.33 bits per heavy atom. The van der Waals surface area contributed by atoms with Crippen molar-refractivity contribution < 1.29 is 0 Å². The summed E-state index contributed by atoms with van der Waals surface area (Å²) < 4.78 is 0. The van der Waals surface area contributed by atoms with E-state index in [1.165, 1.54) is 57.1 Å². The third kappa shape index (κ3) is 4.60. The third-order valence-electron chi connectivity index (χ3n) is 3.80. The molecule has 104 valence electrons. The zero-order chi connectivity index (χ0) is 13.4. The summed E-state index contributed by atoms with van der Waals surface area (Å²) in [5.74, 6) is 0. The highest BCUT2D eigenvalue weighted by Gasteiger charge is 2.28. The first-order valence-electron chi connectivity index (χ1n) is 7.34. The van der Waals surface area contributed by atoms with E-state index in [0.29, 0.717) is 5.13 Å². The Balaban J connectivity index is 2.62. The number of nitrogen functional groups attached to an aromatic ring is 1. The molecule has 0 spiro atoms. The fourth-order valence-electron chi connectivity index (χ4n) is 2.45. The van der Waals surface area contributed by atoms with E-state index in [0.717, 1.165) is 0 Å². The van der Waals surface area contributed by atoms with Gasteiger partial charge >= 0.3 is 0 Å². The molecule has 0 radical (unpaired) electrons. The zero-order valence-electron chi connectivity index (χ0n) is 12.2. The summed E-state index contributed by atoms with van der Waals surface area (Å²) in [6, 6.07) is 0.